The molecule has 1 saturated carbocycles. The fourth-order valence-electron chi connectivity index (χ4n) is 6.38. The van der Waals surface area contributed by atoms with Gasteiger partial charge in [0.15, 0.2) is 0 Å². The Labute approximate surface area is 227 Å². The second kappa shape index (κ2) is 11.5. The number of aromatic amines is 1. The molecule has 10 heteroatoms. The number of carboxylic acids is 1. The molecular weight excluding hydrogens is 494 g/mol. The molecule has 2 aliphatic rings. The van der Waals surface area contributed by atoms with Crippen LogP contribution in [0.5, 0.6) is 0 Å². The van der Waals surface area contributed by atoms with Crippen LogP contribution in [0.25, 0.3) is 11.4 Å². The van der Waals surface area contributed by atoms with Crippen molar-refractivity contribution in [2.75, 3.05) is 0 Å². The molecule has 2 aromatic heterocycles. The predicted molar refractivity (Wildman–Crippen MR) is 149 cm³/mol. The zero-order valence-corrected chi connectivity index (χ0v) is 22.7. The van der Waals surface area contributed by atoms with Gasteiger partial charge in [-0.25, -0.2) is 4.79 Å². The zero-order chi connectivity index (χ0) is 27.4. The lowest BCUT2D eigenvalue weighted by atomic mass is 9.75. The summed E-state index contributed by atoms with van der Waals surface area (Å²) >= 11 is 0. The Morgan fingerprint density at radius 3 is 2.82 bits per heavy atom. The highest BCUT2D eigenvalue weighted by atomic mass is 16.4. The van der Waals surface area contributed by atoms with Crippen molar-refractivity contribution in [2.45, 2.75) is 83.2 Å². The van der Waals surface area contributed by atoms with Gasteiger partial charge < -0.3 is 5.11 Å². The molecule has 10 nitrogen and oxygen atoms in total. The molecule has 4 atom stereocenters. The van der Waals surface area contributed by atoms with Gasteiger partial charge in [0, 0.05) is 41.8 Å². The van der Waals surface area contributed by atoms with Crippen molar-refractivity contribution >= 4 is 12.2 Å². The van der Waals surface area contributed by atoms with Crippen LogP contribution < -0.4 is 5.69 Å². The number of allylic oxidation sites excluding steroid dienone is 1. The molecule has 1 fully saturated rings. The van der Waals surface area contributed by atoms with Gasteiger partial charge in [0.05, 0.1) is 12.0 Å². The van der Waals surface area contributed by atoms with Gasteiger partial charge >= 0.3 is 11.7 Å². The first-order chi connectivity index (χ1) is 19.0. The number of imidazole rings is 1. The number of carbonyl (C=O) groups is 1. The number of tetrazole rings is 1. The number of nitrogens with one attached hydrogen (secondary N) is 1. The fraction of sp³-hybridized carbons (Fsp3) is 0.517. The number of rotatable bonds is 10. The molecule has 0 amide bonds. The summed E-state index contributed by atoms with van der Waals surface area (Å²) in [5, 5.41) is 24.6. The number of unbranched alkanes of at least 4 members (excludes halogenated alkanes) is 1. The van der Waals surface area contributed by atoms with E-state index in [2.05, 4.69) is 57.7 Å². The van der Waals surface area contributed by atoms with E-state index < -0.39 is 17.3 Å². The first-order valence-electron chi connectivity index (χ1n) is 14.0. The van der Waals surface area contributed by atoms with Crippen molar-refractivity contribution in [1.82, 2.24) is 29.8 Å². The summed E-state index contributed by atoms with van der Waals surface area (Å²) in [6, 6.07) is 7.70. The van der Waals surface area contributed by atoms with Gasteiger partial charge in [-0.05, 0) is 54.9 Å². The number of nitrogens with zero attached hydrogens (tertiary/aromatic N) is 6. The van der Waals surface area contributed by atoms with Crippen LogP contribution in [-0.4, -0.2) is 47.0 Å². The minimum absolute atomic E-state index is 0.123. The summed E-state index contributed by atoms with van der Waals surface area (Å²) in [6.07, 6.45) is 14.3. The quantitative estimate of drug-likeness (QED) is 0.395. The molecule has 3 aromatic rings. The molecule has 1 aromatic carbocycles. The molecule has 3 heterocycles. The molecule has 0 bridgehead atoms. The number of aliphatic carboxylic acids is 1. The molecule has 1 aliphatic carbocycles. The highest BCUT2D eigenvalue weighted by molar-refractivity contribution is 5.71. The van der Waals surface area contributed by atoms with Gasteiger partial charge in [-0.1, -0.05) is 57.4 Å². The third-order valence-corrected chi connectivity index (χ3v) is 8.54. The van der Waals surface area contributed by atoms with E-state index in [9.17, 15) is 14.7 Å². The third kappa shape index (κ3) is 5.24. The fourth-order valence-corrected chi connectivity index (χ4v) is 6.38. The van der Waals surface area contributed by atoms with Crippen LogP contribution in [0, 0.1) is 11.8 Å². The Morgan fingerprint density at radius 2 is 2.13 bits per heavy atom. The molecule has 39 heavy (non-hydrogen) atoms. The average molecular weight is 532 g/mol. The molecule has 1 aliphatic heterocycles. The Bertz CT molecular complexity index is 1400. The number of aliphatic imine (C=N–C) groups is 1. The van der Waals surface area contributed by atoms with E-state index in [-0.39, 0.29) is 17.6 Å². The van der Waals surface area contributed by atoms with Crippen LogP contribution in [0.2, 0.25) is 0 Å². The number of benzene rings is 1. The zero-order valence-electron chi connectivity index (χ0n) is 22.7. The van der Waals surface area contributed by atoms with Crippen LogP contribution in [0.15, 0.2) is 52.5 Å². The summed E-state index contributed by atoms with van der Waals surface area (Å²) in [5.41, 5.74) is 2.19. The first-order valence-corrected chi connectivity index (χ1v) is 14.0. The minimum atomic E-state index is -0.811. The Morgan fingerprint density at radius 1 is 1.26 bits per heavy atom. The average Bonchev–Trinajstić information content (AvgIpc) is 3.61. The number of H-pyrrole nitrogens is 1. The van der Waals surface area contributed by atoms with Gasteiger partial charge in [0.1, 0.15) is 0 Å². The maximum Gasteiger partial charge on any atom is 0.328 e. The van der Waals surface area contributed by atoms with E-state index in [1.54, 1.807) is 10.8 Å². The lowest BCUT2D eigenvalue weighted by molar-refractivity contribution is -0.145. The number of aryl methyl sites for hydroxylation is 1. The topological polar surface area (TPSA) is 131 Å². The minimum Gasteiger partial charge on any atom is -0.481 e. The van der Waals surface area contributed by atoms with E-state index in [0.29, 0.717) is 25.2 Å². The first kappa shape index (κ1) is 26.8. The highest BCUT2D eigenvalue weighted by Gasteiger charge is 2.40. The number of hydrogen-bond acceptors (Lipinski definition) is 6. The Balaban J connectivity index is 1.60. The molecule has 4 unspecified atom stereocenters. The summed E-state index contributed by atoms with van der Waals surface area (Å²) in [7, 11) is 0. The van der Waals surface area contributed by atoms with Crippen molar-refractivity contribution in [3.63, 3.8) is 0 Å². The van der Waals surface area contributed by atoms with Crippen LogP contribution in [0.4, 0.5) is 0 Å². The second-order valence-corrected chi connectivity index (χ2v) is 10.9. The largest absolute Gasteiger partial charge is 0.481 e. The highest BCUT2D eigenvalue weighted by Crippen LogP contribution is 2.41. The van der Waals surface area contributed by atoms with E-state index in [1.807, 2.05) is 29.1 Å². The van der Waals surface area contributed by atoms with Crippen molar-refractivity contribution in [2.24, 2.45) is 16.8 Å². The summed E-state index contributed by atoms with van der Waals surface area (Å²) in [6.45, 7) is 4.66. The molecule has 5 rings (SSSR count). The molecule has 0 saturated heterocycles. The van der Waals surface area contributed by atoms with Gasteiger partial charge in [-0.3, -0.25) is 18.9 Å². The van der Waals surface area contributed by atoms with E-state index >= 15 is 0 Å². The van der Waals surface area contributed by atoms with Crippen LogP contribution in [0.3, 0.4) is 0 Å². The maximum atomic E-state index is 14.2. The van der Waals surface area contributed by atoms with Gasteiger partial charge in [-0.15, -0.1) is 10.2 Å². The maximum absolute atomic E-state index is 14.2. The van der Waals surface area contributed by atoms with Crippen LogP contribution in [0.1, 0.15) is 76.1 Å². The normalized spacial score (nSPS) is 24.7. The molecule has 0 spiro atoms. The van der Waals surface area contributed by atoms with Crippen molar-refractivity contribution in [1.29, 1.82) is 0 Å². The van der Waals surface area contributed by atoms with E-state index in [0.717, 1.165) is 55.3 Å². The number of carboxylic acid groups (broad SMARTS) is 1. The lowest BCUT2D eigenvalue weighted by Gasteiger charge is -2.36. The number of aromatic nitrogens is 6. The van der Waals surface area contributed by atoms with Crippen molar-refractivity contribution in [3.05, 3.63) is 64.5 Å². The van der Waals surface area contributed by atoms with E-state index in [1.165, 1.54) is 0 Å². The number of hydrogen-bond donors (Lipinski definition) is 2. The van der Waals surface area contributed by atoms with Crippen LogP contribution >= 0.6 is 0 Å². The smallest absolute Gasteiger partial charge is 0.328 e. The van der Waals surface area contributed by atoms with E-state index in [4.69, 9.17) is 0 Å². The summed E-state index contributed by atoms with van der Waals surface area (Å²) < 4.78 is 3.65. The van der Waals surface area contributed by atoms with Gasteiger partial charge in [0.25, 0.3) is 0 Å². The van der Waals surface area contributed by atoms with Crippen molar-refractivity contribution < 1.29 is 9.90 Å². The summed E-state index contributed by atoms with van der Waals surface area (Å²) in [4.78, 5) is 30.9. The summed E-state index contributed by atoms with van der Waals surface area (Å²) in [5.74, 6) is -0.697. The molecule has 0 radical (unpaired) electrons. The standard InChI is InChI=1S/C29H37N7O3/c1-3-5-11-23-18-35(25-20(4-2)8-7-12-24(25)27(37)38)28(39)36(23)19-29(13-15-30-16-14-29)22-10-6-9-21(17-22)26-31-33-34-32-26/h6,9-10,13,15-18,20,24-25H,3-5,7-8,11-12,14,19H2,1-2H3,(H,37,38)(H,31,32,33,34). The monoisotopic (exact) mass is 531 g/mol. The lowest BCUT2D eigenvalue weighted by Crippen LogP contribution is -2.42. The SMILES string of the molecule is CCCCc1cn(C2C(CC)CCCC2C(=O)O)c(=O)n1CC1(c2cccc(-c3nn[nH]n3)c2)C=CN=CC1. The van der Waals surface area contributed by atoms with Crippen molar-refractivity contribution in [3.8, 4) is 11.4 Å². The molecule has 206 valence electrons. The second-order valence-electron chi connectivity index (χ2n) is 10.9. The third-order valence-electron chi connectivity index (χ3n) is 8.54. The van der Waals surface area contributed by atoms with Gasteiger partial charge in [0.2, 0.25) is 5.82 Å². The van der Waals surface area contributed by atoms with Gasteiger partial charge in [-0.2, -0.15) is 5.21 Å². The van der Waals surface area contributed by atoms with Crippen LogP contribution in [-0.2, 0) is 23.2 Å². The predicted octanol–water partition coefficient (Wildman–Crippen LogP) is 4.55. The molecular formula is C29H37N7O3. The molecule has 2 N–H and O–H groups in total. The Kier molecular flexibility index (Phi) is 7.90. The Hall–Kier alpha value is -3.82.